The Kier molecular flexibility index (Phi) is 8.94. The van der Waals surface area contributed by atoms with Gasteiger partial charge in [0.05, 0.1) is 25.7 Å². The summed E-state index contributed by atoms with van der Waals surface area (Å²) in [4.78, 5) is 12.7. The molecule has 9 heteroatoms. The second-order valence-corrected chi connectivity index (χ2v) is 11.3. The van der Waals surface area contributed by atoms with Crippen LogP contribution in [0.15, 0.2) is 77.0 Å². The second-order valence-electron chi connectivity index (χ2n) is 10.4. The lowest BCUT2D eigenvalue weighted by Crippen LogP contribution is -2.21. The molecule has 1 heterocycles. The summed E-state index contributed by atoms with van der Waals surface area (Å²) in [7, 11) is 3.16. The maximum absolute atomic E-state index is 12.7. The van der Waals surface area contributed by atoms with Gasteiger partial charge in [0.2, 0.25) is 0 Å². The smallest absolute Gasteiger partial charge is 0.250 e. The number of benzene rings is 3. The van der Waals surface area contributed by atoms with E-state index in [0.29, 0.717) is 22.4 Å². The number of carbonyl (C=O) groups is 1. The molecule has 1 aromatic heterocycles. The van der Waals surface area contributed by atoms with Crippen LogP contribution < -0.4 is 14.9 Å². The predicted molar refractivity (Wildman–Crippen MR) is 161 cm³/mol. The minimum atomic E-state index is -0.251. The predicted octanol–water partition coefficient (Wildman–Crippen LogP) is 6.19. The van der Waals surface area contributed by atoms with Crippen LogP contribution in [-0.2, 0) is 10.2 Å². The highest BCUT2D eigenvalue weighted by Crippen LogP contribution is 2.31. The lowest BCUT2D eigenvalue weighted by atomic mass is 9.87. The molecule has 0 atom stereocenters. The van der Waals surface area contributed by atoms with E-state index in [9.17, 15) is 4.79 Å². The maximum atomic E-state index is 12.7. The first-order valence-electron chi connectivity index (χ1n) is 12.9. The second kappa shape index (κ2) is 12.4. The minimum absolute atomic E-state index is 0.0534. The average Bonchev–Trinajstić information content (AvgIpc) is 3.38. The number of nitrogens with zero attached hydrogens (tertiary/aromatic N) is 4. The van der Waals surface area contributed by atoms with Gasteiger partial charge in [-0.25, -0.2) is 5.43 Å². The largest absolute Gasteiger partial charge is 0.493 e. The molecular formula is C31H35N5O3S. The molecular weight excluding hydrogens is 522 g/mol. The number of carbonyl (C=O) groups excluding carboxylic acids is 1. The Morgan fingerprint density at radius 1 is 0.950 bits per heavy atom. The Balaban J connectivity index is 1.53. The van der Waals surface area contributed by atoms with Crippen LogP contribution in [0.25, 0.3) is 17.1 Å². The lowest BCUT2D eigenvalue weighted by molar-refractivity contribution is -0.118. The molecule has 0 spiro atoms. The molecule has 0 bridgehead atoms. The summed E-state index contributed by atoms with van der Waals surface area (Å²) in [6, 6.07) is 22.0. The van der Waals surface area contributed by atoms with Crippen LogP contribution in [0.1, 0.15) is 44.4 Å². The summed E-state index contributed by atoms with van der Waals surface area (Å²) in [6.07, 6.45) is 0. The number of nitrogens with one attached hydrogen (secondary N) is 1. The molecule has 1 amide bonds. The van der Waals surface area contributed by atoms with Crippen LogP contribution in [-0.4, -0.2) is 46.4 Å². The average molecular weight is 558 g/mol. The van der Waals surface area contributed by atoms with Crippen molar-refractivity contribution >= 4 is 23.4 Å². The van der Waals surface area contributed by atoms with Crippen molar-refractivity contribution in [2.45, 2.75) is 45.2 Å². The van der Waals surface area contributed by atoms with E-state index in [1.54, 1.807) is 20.3 Å². The van der Waals surface area contributed by atoms with Gasteiger partial charge < -0.3 is 9.47 Å². The van der Waals surface area contributed by atoms with Crippen LogP contribution in [0.5, 0.6) is 11.5 Å². The number of ether oxygens (including phenoxy) is 2. The molecule has 8 nitrogen and oxygen atoms in total. The van der Waals surface area contributed by atoms with Crippen LogP contribution >= 0.6 is 11.8 Å². The fraction of sp³-hybridized carbons (Fsp3) is 0.290. The molecule has 0 radical (unpaired) electrons. The van der Waals surface area contributed by atoms with Gasteiger partial charge >= 0.3 is 0 Å². The highest BCUT2D eigenvalue weighted by atomic mass is 32.2. The van der Waals surface area contributed by atoms with Crippen molar-refractivity contribution in [2.24, 2.45) is 5.10 Å². The Labute approximate surface area is 239 Å². The monoisotopic (exact) mass is 557 g/mol. The molecule has 4 aromatic rings. The van der Waals surface area contributed by atoms with E-state index in [1.807, 2.05) is 42.7 Å². The fourth-order valence-electron chi connectivity index (χ4n) is 4.03. The molecule has 0 fully saturated rings. The number of thioether (sulfide) groups is 1. The minimum Gasteiger partial charge on any atom is -0.493 e. The molecule has 0 aliphatic rings. The summed E-state index contributed by atoms with van der Waals surface area (Å²) in [6.45, 7) is 10.4. The van der Waals surface area contributed by atoms with Gasteiger partial charge in [0.25, 0.3) is 5.91 Å². The van der Waals surface area contributed by atoms with Gasteiger partial charge in [-0.1, -0.05) is 74.5 Å². The normalized spacial score (nSPS) is 11.8. The Hall–Kier alpha value is -4.11. The molecule has 1 N–H and O–H groups in total. The van der Waals surface area contributed by atoms with Crippen molar-refractivity contribution in [1.82, 2.24) is 20.2 Å². The van der Waals surface area contributed by atoms with Gasteiger partial charge in [0.15, 0.2) is 22.5 Å². The van der Waals surface area contributed by atoms with Crippen molar-refractivity contribution in [2.75, 3.05) is 20.0 Å². The molecule has 40 heavy (non-hydrogen) atoms. The molecule has 0 unspecified atom stereocenters. The number of hydrogen-bond donors (Lipinski definition) is 1. The van der Waals surface area contributed by atoms with Gasteiger partial charge in [-0.15, -0.1) is 10.2 Å². The number of amides is 1. The van der Waals surface area contributed by atoms with Crippen LogP contribution in [0.3, 0.4) is 0 Å². The lowest BCUT2D eigenvalue weighted by Gasteiger charge is -2.19. The van der Waals surface area contributed by atoms with Gasteiger partial charge in [0, 0.05) is 16.8 Å². The molecule has 0 saturated heterocycles. The Morgan fingerprint density at radius 3 is 2.25 bits per heavy atom. The van der Waals surface area contributed by atoms with Gasteiger partial charge in [-0.3, -0.25) is 9.36 Å². The van der Waals surface area contributed by atoms with E-state index in [2.05, 4.69) is 77.9 Å². The van der Waals surface area contributed by atoms with Crippen molar-refractivity contribution in [3.05, 3.63) is 83.4 Å². The molecule has 208 valence electrons. The maximum Gasteiger partial charge on any atom is 0.250 e. The van der Waals surface area contributed by atoms with Crippen LogP contribution in [0, 0.1) is 6.92 Å². The van der Waals surface area contributed by atoms with Gasteiger partial charge in [0.1, 0.15) is 0 Å². The number of hydrazone groups is 1. The first-order valence-corrected chi connectivity index (χ1v) is 13.9. The number of aromatic nitrogens is 3. The zero-order valence-corrected chi connectivity index (χ0v) is 24.8. The van der Waals surface area contributed by atoms with E-state index in [-0.39, 0.29) is 17.1 Å². The van der Waals surface area contributed by atoms with E-state index in [0.717, 1.165) is 28.2 Å². The van der Waals surface area contributed by atoms with Crippen molar-refractivity contribution in [3.8, 4) is 28.6 Å². The summed E-state index contributed by atoms with van der Waals surface area (Å²) in [5.41, 5.74) is 8.43. The standard InChI is InChI=1S/C31H35N5O3S/c1-20-8-15-25(16-9-20)36-29(22-10-13-24(14-11-22)31(3,4)5)34-35-30(36)40-19-28(37)33-32-21(2)23-12-17-26(38-6)27(18-23)39-7/h8-18H,19H2,1-7H3,(H,33,37). The number of hydrogen-bond acceptors (Lipinski definition) is 7. The summed E-state index contributed by atoms with van der Waals surface area (Å²) >= 11 is 1.31. The highest BCUT2D eigenvalue weighted by molar-refractivity contribution is 7.99. The number of rotatable bonds is 9. The SMILES string of the molecule is COc1ccc(C(C)=NNC(=O)CSc2nnc(-c3ccc(C(C)(C)C)cc3)n2-c2ccc(C)cc2)cc1OC. The highest BCUT2D eigenvalue weighted by Gasteiger charge is 2.19. The molecule has 0 aliphatic heterocycles. The topological polar surface area (TPSA) is 90.6 Å². The molecule has 0 saturated carbocycles. The van der Waals surface area contributed by atoms with Crippen molar-refractivity contribution < 1.29 is 14.3 Å². The van der Waals surface area contributed by atoms with E-state index in [4.69, 9.17) is 9.47 Å². The number of aryl methyl sites for hydroxylation is 1. The molecule has 0 aliphatic carbocycles. The van der Waals surface area contributed by atoms with Gasteiger partial charge in [-0.2, -0.15) is 5.10 Å². The third-order valence-electron chi connectivity index (χ3n) is 6.42. The van der Waals surface area contributed by atoms with E-state index < -0.39 is 0 Å². The fourth-order valence-corrected chi connectivity index (χ4v) is 4.77. The van der Waals surface area contributed by atoms with Crippen molar-refractivity contribution in [3.63, 3.8) is 0 Å². The zero-order chi connectivity index (χ0) is 28.9. The van der Waals surface area contributed by atoms with E-state index >= 15 is 0 Å². The third kappa shape index (κ3) is 6.71. The molecule has 4 rings (SSSR count). The Morgan fingerprint density at radius 2 is 1.62 bits per heavy atom. The summed E-state index contributed by atoms with van der Waals surface area (Å²) in [5.74, 6) is 1.81. The number of methoxy groups -OCH3 is 2. The van der Waals surface area contributed by atoms with Crippen molar-refractivity contribution in [1.29, 1.82) is 0 Å². The summed E-state index contributed by atoms with van der Waals surface area (Å²) < 4.78 is 12.6. The molecule has 3 aromatic carbocycles. The summed E-state index contributed by atoms with van der Waals surface area (Å²) in [5, 5.41) is 13.9. The third-order valence-corrected chi connectivity index (χ3v) is 7.35. The quantitative estimate of drug-likeness (QED) is 0.150. The van der Waals surface area contributed by atoms with Crippen LogP contribution in [0.4, 0.5) is 0 Å². The zero-order valence-electron chi connectivity index (χ0n) is 24.0. The van der Waals surface area contributed by atoms with E-state index in [1.165, 1.54) is 17.3 Å². The first kappa shape index (κ1) is 28.9. The Bertz CT molecular complexity index is 1500. The first-order chi connectivity index (χ1) is 19.1. The van der Waals surface area contributed by atoms with Crippen LogP contribution in [0.2, 0.25) is 0 Å². The van der Waals surface area contributed by atoms with Gasteiger partial charge in [-0.05, 0) is 55.2 Å².